The first-order valence-electron chi connectivity index (χ1n) is 6.34. The minimum atomic E-state index is -3.49. The number of nitrogens with two attached hydrogens (primary N) is 1. The van der Waals surface area contributed by atoms with Crippen LogP contribution in [0.15, 0.2) is 0 Å². The van der Waals surface area contributed by atoms with E-state index in [2.05, 4.69) is 18.7 Å². The first kappa shape index (κ1) is 13.3. The van der Waals surface area contributed by atoms with Gasteiger partial charge in [0.1, 0.15) is 0 Å². The minimum absolute atomic E-state index is 0.192. The van der Waals surface area contributed by atoms with Crippen LogP contribution in [-0.2, 0) is 10.2 Å². The molecule has 0 atom stereocenters. The summed E-state index contributed by atoms with van der Waals surface area (Å²) in [6, 6.07) is 0.586. The Balaban J connectivity index is 1.97. The maximum absolute atomic E-state index is 11.3. The minimum Gasteiger partial charge on any atom is -0.301 e. The molecule has 0 unspecified atom stereocenters. The molecular weight excluding hydrogens is 238 g/mol. The molecule has 0 saturated carbocycles. The van der Waals surface area contributed by atoms with Crippen LogP contribution < -0.4 is 5.14 Å². The van der Waals surface area contributed by atoms with Gasteiger partial charge < -0.3 is 4.90 Å². The molecule has 0 radical (unpaired) electrons. The van der Waals surface area contributed by atoms with Crippen LogP contribution in [0.4, 0.5) is 0 Å². The topological polar surface area (TPSA) is 66.6 Å². The van der Waals surface area contributed by atoms with E-state index in [1.807, 2.05) is 0 Å². The molecule has 2 rings (SSSR count). The predicted octanol–water partition coefficient (Wildman–Crippen LogP) is 0.386. The summed E-state index contributed by atoms with van der Waals surface area (Å²) in [5, 5.41) is 5.19. The van der Waals surface area contributed by atoms with E-state index in [0.29, 0.717) is 19.1 Å². The monoisotopic (exact) mass is 261 g/mol. The van der Waals surface area contributed by atoms with Gasteiger partial charge in [0.05, 0.1) is 0 Å². The first-order valence-corrected chi connectivity index (χ1v) is 7.85. The summed E-state index contributed by atoms with van der Waals surface area (Å²) < 4.78 is 24.1. The summed E-state index contributed by atoms with van der Waals surface area (Å²) in [6.45, 7) is 7.80. The van der Waals surface area contributed by atoms with E-state index in [4.69, 9.17) is 5.14 Å². The third-order valence-electron chi connectivity index (χ3n) is 4.35. The van der Waals surface area contributed by atoms with E-state index in [-0.39, 0.29) is 5.41 Å². The molecule has 100 valence electrons. The molecule has 2 aliphatic rings. The van der Waals surface area contributed by atoms with Crippen molar-refractivity contribution in [2.75, 3.05) is 26.2 Å². The molecule has 2 N–H and O–H groups in total. The van der Waals surface area contributed by atoms with Gasteiger partial charge in [-0.15, -0.1) is 0 Å². The smallest absolute Gasteiger partial charge is 0.276 e. The number of rotatable bonds is 2. The summed E-state index contributed by atoms with van der Waals surface area (Å²) in [6.07, 6.45) is 3.16. The van der Waals surface area contributed by atoms with Crippen molar-refractivity contribution in [3.63, 3.8) is 0 Å². The largest absolute Gasteiger partial charge is 0.301 e. The summed E-state index contributed by atoms with van der Waals surface area (Å²) in [5.41, 5.74) is 0.192. The van der Waals surface area contributed by atoms with Gasteiger partial charge in [0, 0.05) is 19.1 Å². The molecule has 1 spiro atoms. The normalized spacial score (nSPS) is 27.1. The van der Waals surface area contributed by atoms with Gasteiger partial charge in [-0.2, -0.15) is 12.7 Å². The zero-order chi connectivity index (χ0) is 12.7. The van der Waals surface area contributed by atoms with E-state index in [0.717, 1.165) is 32.4 Å². The van der Waals surface area contributed by atoms with Crippen LogP contribution >= 0.6 is 0 Å². The Kier molecular flexibility index (Phi) is 3.51. The van der Waals surface area contributed by atoms with Gasteiger partial charge in [0.25, 0.3) is 10.2 Å². The van der Waals surface area contributed by atoms with Gasteiger partial charge in [0.15, 0.2) is 0 Å². The van der Waals surface area contributed by atoms with Crippen molar-refractivity contribution in [1.82, 2.24) is 9.21 Å². The molecule has 0 aromatic heterocycles. The lowest BCUT2D eigenvalue weighted by atomic mass is 9.77. The Morgan fingerprint density at radius 2 is 1.65 bits per heavy atom. The summed E-state index contributed by atoms with van der Waals surface area (Å²) >= 11 is 0. The zero-order valence-corrected chi connectivity index (χ0v) is 11.5. The molecule has 2 heterocycles. The summed E-state index contributed by atoms with van der Waals surface area (Å²) in [5.74, 6) is 0. The van der Waals surface area contributed by atoms with Crippen LogP contribution in [0.1, 0.15) is 33.1 Å². The standard InChI is InChI=1S/C11H23N3O2S/c1-10(2)13-6-3-11(4-7-13)5-8-14(9-11)17(12,15)16/h10H,3-9H2,1-2H3,(H2,12,15,16). The van der Waals surface area contributed by atoms with Crippen LogP contribution in [-0.4, -0.2) is 49.8 Å². The number of hydrogen-bond acceptors (Lipinski definition) is 3. The van der Waals surface area contributed by atoms with Crippen molar-refractivity contribution in [3.05, 3.63) is 0 Å². The second-order valence-corrected chi connectivity index (χ2v) is 7.30. The number of nitrogens with zero attached hydrogens (tertiary/aromatic N) is 2. The number of hydrogen-bond donors (Lipinski definition) is 1. The highest BCUT2D eigenvalue weighted by molar-refractivity contribution is 7.86. The van der Waals surface area contributed by atoms with Crippen LogP contribution in [0.25, 0.3) is 0 Å². The van der Waals surface area contributed by atoms with Gasteiger partial charge in [-0.3, -0.25) is 0 Å². The Labute approximate surface area is 104 Å². The highest BCUT2D eigenvalue weighted by Crippen LogP contribution is 2.41. The van der Waals surface area contributed by atoms with E-state index < -0.39 is 10.2 Å². The van der Waals surface area contributed by atoms with Gasteiger partial charge in [0.2, 0.25) is 0 Å². The Morgan fingerprint density at radius 3 is 2.06 bits per heavy atom. The molecule has 6 heteroatoms. The van der Waals surface area contributed by atoms with Crippen molar-refractivity contribution in [1.29, 1.82) is 0 Å². The lowest BCUT2D eigenvalue weighted by Crippen LogP contribution is -2.45. The van der Waals surface area contributed by atoms with E-state index in [9.17, 15) is 8.42 Å². The SMILES string of the molecule is CC(C)N1CCC2(CC1)CCN(S(N)(=O)=O)C2. The summed E-state index contributed by atoms with van der Waals surface area (Å²) in [7, 11) is -3.49. The fraction of sp³-hybridized carbons (Fsp3) is 1.00. The summed E-state index contributed by atoms with van der Waals surface area (Å²) in [4.78, 5) is 2.46. The highest BCUT2D eigenvalue weighted by atomic mass is 32.2. The maximum atomic E-state index is 11.3. The Hall–Kier alpha value is -0.170. The third kappa shape index (κ3) is 2.81. The molecule has 0 amide bonds. The van der Waals surface area contributed by atoms with Crippen molar-refractivity contribution >= 4 is 10.2 Å². The zero-order valence-electron chi connectivity index (χ0n) is 10.7. The van der Waals surface area contributed by atoms with Crippen LogP contribution in [0.5, 0.6) is 0 Å². The number of piperidine rings is 1. The first-order chi connectivity index (χ1) is 7.82. The molecule has 0 aliphatic carbocycles. The molecule has 2 saturated heterocycles. The molecule has 0 aromatic carbocycles. The van der Waals surface area contributed by atoms with E-state index in [1.54, 1.807) is 0 Å². The van der Waals surface area contributed by atoms with Crippen molar-refractivity contribution in [2.24, 2.45) is 10.6 Å². The second-order valence-electron chi connectivity index (χ2n) is 5.76. The van der Waals surface area contributed by atoms with Gasteiger partial charge >= 0.3 is 0 Å². The van der Waals surface area contributed by atoms with Crippen LogP contribution in [0.2, 0.25) is 0 Å². The fourth-order valence-corrected chi connectivity index (χ4v) is 3.83. The quantitative estimate of drug-likeness (QED) is 0.782. The average molecular weight is 261 g/mol. The fourth-order valence-electron chi connectivity index (χ4n) is 3.03. The van der Waals surface area contributed by atoms with E-state index in [1.165, 1.54) is 4.31 Å². The lowest BCUT2D eigenvalue weighted by Gasteiger charge is -2.40. The molecule has 2 aliphatic heterocycles. The molecule has 17 heavy (non-hydrogen) atoms. The maximum Gasteiger partial charge on any atom is 0.276 e. The Morgan fingerprint density at radius 1 is 1.12 bits per heavy atom. The molecular formula is C11H23N3O2S. The van der Waals surface area contributed by atoms with Crippen LogP contribution in [0.3, 0.4) is 0 Å². The van der Waals surface area contributed by atoms with E-state index >= 15 is 0 Å². The highest BCUT2D eigenvalue weighted by Gasteiger charge is 2.43. The van der Waals surface area contributed by atoms with Crippen molar-refractivity contribution in [2.45, 2.75) is 39.2 Å². The van der Waals surface area contributed by atoms with Gasteiger partial charge in [-0.1, -0.05) is 0 Å². The van der Waals surface area contributed by atoms with Gasteiger partial charge in [-0.05, 0) is 51.6 Å². The van der Waals surface area contributed by atoms with Crippen molar-refractivity contribution < 1.29 is 8.42 Å². The van der Waals surface area contributed by atoms with Crippen molar-refractivity contribution in [3.8, 4) is 0 Å². The average Bonchev–Trinajstić information content (AvgIpc) is 2.62. The predicted molar refractivity (Wildman–Crippen MR) is 67.7 cm³/mol. The Bertz CT molecular complexity index is 372. The molecule has 0 bridgehead atoms. The molecule has 0 aromatic rings. The molecule has 2 fully saturated rings. The van der Waals surface area contributed by atoms with Gasteiger partial charge in [-0.25, -0.2) is 5.14 Å². The third-order valence-corrected chi connectivity index (χ3v) is 5.38. The van der Waals surface area contributed by atoms with Crippen LogP contribution in [0, 0.1) is 5.41 Å². The lowest BCUT2D eigenvalue weighted by molar-refractivity contribution is 0.0921. The second kappa shape index (κ2) is 4.50. The molecule has 5 nitrogen and oxygen atoms in total. The number of likely N-dealkylation sites (tertiary alicyclic amines) is 1.